The SMILES string of the molecule is NC12C3(N)C1(N)C23N. The van der Waals surface area contributed by atoms with E-state index in [0.29, 0.717) is 0 Å². The third-order valence-electron chi connectivity index (χ3n) is 3.48. The summed E-state index contributed by atoms with van der Waals surface area (Å²) in [5, 5.41) is 0. The van der Waals surface area contributed by atoms with Crippen molar-refractivity contribution in [2.45, 2.75) is 22.2 Å². The van der Waals surface area contributed by atoms with Crippen LogP contribution >= 0.6 is 0 Å². The second-order valence-electron chi connectivity index (χ2n) is 3.23. The Labute approximate surface area is 46.2 Å². The van der Waals surface area contributed by atoms with E-state index in [1.54, 1.807) is 0 Å². The molecule has 0 aromatic carbocycles. The Morgan fingerprint density at radius 1 is 0.500 bits per heavy atom. The Balaban J connectivity index is 2.29. The van der Waals surface area contributed by atoms with E-state index in [-0.39, 0.29) is 22.2 Å². The topological polar surface area (TPSA) is 104 Å². The van der Waals surface area contributed by atoms with E-state index in [1.165, 1.54) is 0 Å². The number of rotatable bonds is 0. The third kappa shape index (κ3) is 0.0651. The summed E-state index contributed by atoms with van der Waals surface area (Å²) in [6.45, 7) is 0. The van der Waals surface area contributed by atoms with Crippen molar-refractivity contribution in [3.63, 3.8) is 0 Å². The molecule has 4 heteroatoms. The Kier molecular flexibility index (Phi) is 0.194. The summed E-state index contributed by atoms with van der Waals surface area (Å²) in [6, 6.07) is 0. The monoisotopic (exact) mass is 112 g/mol. The van der Waals surface area contributed by atoms with Crippen molar-refractivity contribution < 1.29 is 0 Å². The van der Waals surface area contributed by atoms with Crippen LogP contribution in [0.2, 0.25) is 0 Å². The van der Waals surface area contributed by atoms with E-state index in [9.17, 15) is 0 Å². The number of nitrogens with two attached hydrogens (primary N) is 4. The lowest BCUT2D eigenvalue weighted by Crippen LogP contribution is -2.12. The van der Waals surface area contributed by atoms with Crippen LogP contribution in [0.25, 0.3) is 0 Å². The zero-order valence-corrected chi connectivity index (χ0v) is 4.31. The van der Waals surface area contributed by atoms with Gasteiger partial charge in [-0.05, 0) is 0 Å². The molecule has 4 aliphatic rings. The van der Waals surface area contributed by atoms with Gasteiger partial charge >= 0.3 is 0 Å². The molecule has 8 N–H and O–H groups in total. The van der Waals surface area contributed by atoms with Crippen LogP contribution in [0.1, 0.15) is 0 Å². The molecule has 4 fully saturated rings. The first-order valence-corrected chi connectivity index (χ1v) is 2.65. The minimum Gasteiger partial charge on any atom is -0.320 e. The maximum atomic E-state index is 5.60. The van der Waals surface area contributed by atoms with Crippen LogP contribution < -0.4 is 22.9 Å². The zero-order valence-electron chi connectivity index (χ0n) is 4.31. The van der Waals surface area contributed by atoms with Gasteiger partial charge in [-0.25, -0.2) is 0 Å². The highest BCUT2D eigenvalue weighted by Crippen LogP contribution is 3.04. The van der Waals surface area contributed by atoms with Gasteiger partial charge in [0.1, 0.15) is 0 Å². The summed E-state index contributed by atoms with van der Waals surface area (Å²) in [5.41, 5.74) is 21.0. The Morgan fingerprint density at radius 2 is 0.625 bits per heavy atom. The van der Waals surface area contributed by atoms with E-state index < -0.39 is 0 Å². The fraction of sp³-hybridized carbons (Fsp3) is 1.00. The highest BCUT2D eigenvalue weighted by molar-refractivity contribution is 6.00. The summed E-state index contributed by atoms with van der Waals surface area (Å²) in [4.78, 5) is 0. The first kappa shape index (κ1) is 3.79. The maximum absolute atomic E-state index is 5.60. The number of hydrogen-bond acceptors (Lipinski definition) is 4. The molecule has 44 valence electrons. The van der Waals surface area contributed by atoms with Gasteiger partial charge in [-0.2, -0.15) is 0 Å². The second kappa shape index (κ2) is 0.410. The minimum atomic E-state index is -0.354. The third-order valence-corrected chi connectivity index (χ3v) is 3.48. The van der Waals surface area contributed by atoms with Crippen molar-refractivity contribution in [2.24, 2.45) is 22.9 Å². The molecule has 0 heterocycles. The van der Waals surface area contributed by atoms with Crippen LogP contribution in [-0.4, -0.2) is 22.2 Å². The lowest BCUT2D eigenvalue weighted by Gasteiger charge is -1.66. The molecule has 0 atom stereocenters. The molecule has 4 rings (SSSR count). The van der Waals surface area contributed by atoms with Crippen LogP contribution in [0.5, 0.6) is 0 Å². The van der Waals surface area contributed by atoms with Gasteiger partial charge in [0.2, 0.25) is 0 Å². The highest BCUT2D eigenvalue weighted by Gasteiger charge is 3.36. The van der Waals surface area contributed by atoms with Crippen LogP contribution in [0, 0.1) is 0 Å². The van der Waals surface area contributed by atoms with E-state index in [0.717, 1.165) is 0 Å². The summed E-state index contributed by atoms with van der Waals surface area (Å²) >= 11 is 0. The molecular weight excluding hydrogens is 104 g/mol. The van der Waals surface area contributed by atoms with E-state index in [1.807, 2.05) is 0 Å². The van der Waals surface area contributed by atoms with Gasteiger partial charge in [-0.15, -0.1) is 0 Å². The average Bonchev–Trinajstić information content (AvgIpc) is 2.46. The molecule has 0 aromatic heterocycles. The highest BCUT2D eigenvalue weighted by atomic mass is 15.6. The van der Waals surface area contributed by atoms with E-state index in [2.05, 4.69) is 0 Å². The van der Waals surface area contributed by atoms with Crippen LogP contribution in [0.15, 0.2) is 0 Å². The molecule has 0 aliphatic heterocycles. The smallest absolute Gasteiger partial charge is 0.0819 e. The molecular formula is C4H8N4. The first-order valence-electron chi connectivity index (χ1n) is 2.65. The van der Waals surface area contributed by atoms with Gasteiger partial charge in [-0.1, -0.05) is 0 Å². The molecule has 0 amide bonds. The fourth-order valence-electron chi connectivity index (χ4n) is 2.36. The van der Waals surface area contributed by atoms with Gasteiger partial charge < -0.3 is 22.9 Å². The molecule has 8 heavy (non-hydrogen) atoms. The molecule has 4 nitrogen and oxygen atoms in total. The lowest BCUT2D eigenvalue weighted by atomic mass is 10.7. The Bertz CT molecular complexity index is 142. The van der Waals surface area contributed by atoms with Crippen molar-refractivity contribution >= 4 is 0 Å². The van der Waals surface area contributed by atoms with Crippen molar-refractivity contribution in [1.29, 1.82) is 0 Å². The molecule has 4 aliphatic carbocycles. The number of hydrogen-bond donors (Lipinski definition) is 4. The standard InChI is InChI=1S/C4H8N4/c5-1-2(6)3(1,7)4(1,2)8/h5-8H2. The largest absolute Gasteiger partial charge is 0.320 e. The average molecular weight is 112 g/mol. The molecule has 0 bridgehead atoms. The van der Waals surface area contributed by atoms with Crippen LogP contribution in [0.4, 0.5) is 0 Å². The summed E-state index contributed by atoms with van der Waals surface area (Å²) in [6.07, 6.45) is 0. The molecule has 0 spiro atoms. The molecule has 4 saturated carbocycles. The van der Waals surface area contributed by atoms with Crippen molar-refractivity contribution in [3.8, 4) is 0 Å². The second-order valence-corrected chi connectivity index (χ2v) is 3.23. The van der Waals surface area contributed by atoms with Gasteiger partial charge in [0.05, 0.1) is 22.2 Å². The Morgan fingerprint density at radius 3 is 0.625 bits per heavy atom. The summed E-state index contributed by atoms with van der Waals surface area (Å²) in [5.74, 6) is 0. The summed E-state index contributed by atoms with van der Waals surface area (Å²) in [7, 11) is 0. The van der Waals surface area contributed by atoms with E-state index in [4.69, 9.17) is 22.9 Å². The van der Waals surface area contributed by atoms with Crippen LogP contribution in [0.3, 0.4) is 0 Å². The Hall–Kier alpha value is -0.160. The maximum Gasteiger partial charge on any atom is 0.0819 e. The minimum absolute atomic E-state index is 0.354. The summed E-state index contributed by atoms with van der Waals surface area (Å²) < 4.78 is 0. The zero-order chi connectivity index (χ0) is 6.00. The van der Waals surface area contributed by atoms with Crippen LogP contribution in [-0.2, 0) is 0 Å². The van der Waals surface area contributed by atoms with Gasteiger partial charge in [0.15, 0.2) is 0 Å². The van der Waals surface area contributed by atoms with Crippen molar-refractivity contribution in [1.82, 2.24) is 0 Å². The van der Waals surface area contributed by atoms with Crippen molar-refractivity contribution in [2.75, 3.05) is 0 Å². The lowest BCUT2D eigenvalue weighted by molar-refractivity contribution is 0.962. The predicted octanol–water partition coefficient (Wildman–Crippen LogP) is -3.18. The van der Waals surface area contributed by atoms with Crippen molar-refractivity contribution in [3.05, 3.63) is 0 Å². The first-order chi connectivity index (χ1) is 3.50. The fourth-order valence-corrected chi connectivity index (χ4v) is 2.36. The normalized spacial score (nSPS) is 97.5. The van der Waals surface area contributed by atoms with Gasteiger partial charge in [0, 0.05) is 0 Å². The molecule has 0 aromatic rings. The quantitative estimate of drug-likeness (QED) is 0.265. The van der Waals surface area contributed by atoms with Gasteiger partial charge in [0.25, 0.3) is 0 Å². The molecule has 0 saturated heterocycles. The predicted molar refractivity (Wildman–Crippen MR) is 27.7 cm³/mol. The van der Waals surface area contributed by atoms with E-state index >= 15 is 0 Å². The van der Waals surface area contributed by atoms with Gasteiger partial charge in [-0.3, -0.25) is 0 Å². The molecule has 0 radical (unpaired) electrons. The molecule has 0 unspecified atom stereocenters.